The van der Waals surface area contributed by atoms with Crippen LogP contribution in [0.1, 0.15) is 38.7 Å². The smallest absolute Gasteiger partial charge is 0.243 e. The highest BCUT2D eigenvalue weighted by molar-refractivity contribution is 7.89. The first kappa shape index (κ1) is 19.9. The lowest BCUT2D eigenvalue weighted by Crippen LogP contribution is -2.31. The molecular formula is C18H28N2O4S. The second kappa shape index (κ2) is 9.31. The second-order valence-corrected chi connectivity index (χ2v) is 8.11. The molecule has 7 heteroatoms. The van der Waals surface area contributed by atoms with Crippen LogP contribution in [0, 0.1) is 0 Å². The summed E-state index contributed by atoms with van der Waals surface area (Å²) >= 11 is 0. The number of ether oxygens (including phenoxy) is 1. The molecule has 140 valence electrons. The van der Waals surface area contributed by atoms with Gasteiger partial charge in [-0.3, -0.25) is 4.79 Å². The van der Waals surface area contributed by atoms with Gasteiger partial charge in [0.15, 0.2) is 0 Å². The van der Waals surface area contributed by atoms with Crippen LogP contribution in [-0.4, -0.2) is 51.0 Å². The minimum Gasteiger partial charge on any atom is -0.376 e. The molecule has 1 amide bonds. The van der Waals surface area contributed by atoms with Gasteiger partial charge in [-0.1, -0.05) is 26.0 Å². The molecule has 0 bridgehead atoms. The van der Waals surface area contributed by atoms with Crippen molar-refractivity contribution in [2.75, 3.05) is 26.2 Å². The van der Waals surface area contributed by atoms with E-state index >= 15 is 0 Å². The van der Waals surface area contributed by atoms with Crippen LogP contribution in [0.5, 0.6) is 0 Å². The molecule has 1 aromatic rings. The Labute approximate surface area is 150 Å². The highest BCUT2D eigenvalue weighted by Crippen LogP contribution is 2.17. The van der Waals surface area contributed by atoms with E-state index in [0.717, 1.165) is 25.0 Å². The van der Waals surface area contributed by atoms with Gasteiger partial charge in [0.2, 0.25) is 15.9 Å². The van der Waals surface area contributed by atoms with Gasteiger partial charge in [-0.15, -0.1) is 0 Å². The third kappa shape index (κ3) is 5.52. The van der Waals surface area contributed by atoms with Crippen molar-refractivity contribution in [3.63, 3.8) is 0 Å². The Morgan fingerprint density at radius 3 is 2.48 bits per heavy atom. The summed E-state index contributed by atoms with van der Waals surface area (Å²) in [5.74, 6) is -0.00432. The molecular weight excluding hydrogens is 340 g/mol. The molecule has 1 heterocycles. The maximum Gasteiger partial charge on any atom is 0.243 e. The van der Waals surface area contributed by atoms with Crippen molar-refractivity contribution in [1.82, 2.24) is 9.62 Å². The molecule has 1 aliphatic heterocycles. The van der Waals surface area contributed by atoms with Gasteiger partial charge in [-0.2, -0.15) is 4.31 Å². The van der Waals surface area contributed by atoms with Crippen molar-refractivity contribution in [3.05, 3.63) is 29.8 Å². The van der Waals surface area contributed by atoms with E-state index in [1.54, 1.807) is 24.3 Å². The standard InChI is InChI=1S/C18H28N2O4S/c1-3-20(4-2)25(22,23)17-10-7-15(8-11-17)9-12-18(21)19-14-16-6-5-13-24-16/h7-8,10-11,16H,3-6,9,12-14H2,1-2H3,(H,19,21)/t16-/m0/s1. The number of hydrogen-bond acceptors (Lipinski definition) is 4. The molecule has 1 aliphatic rings. The number of carbonyl (C=O) groups is 1. The zero-order valence-electron chi connectivity index (χ0n) is 15.0. The molecule has 1 fully saturated rings. The molecule has 0 spiro atoms. The van der Waals surface area contributed by atoms with Crippen LogP contribution in [0.3, 0.4) is 0 Å². The zero-order chi connectivity index (χ0) is 18.3. The third-order valence-corrected chi connectivity index (χ3v) is 6.52. The summed E-state index contributed by atoms with van der Waals surface area (Å²) < 4.78 is 31.8. The third-order valence-electron chi connectivity index (χ3n) is 4.46. The van der Waals surface area contributed by atoms with Gasteiger partial charge >= 0.3 is 0 Å². The summed E-state index contributed by atoms with van der Waals surface area (Å²) in [7, 11) is -3.43. The van der Waals surface area contributed by atoms with Gasteiger partial charge in [0, 0.05) is 32.7 Å². The Hall–Kier alpha value is -1.44. The first-order valence-electron chi connectivity index (χ1n) is 8.94. The first-order chi connectivity index (χ1) is 12.0. The number of nitrogens with zero attached hydrogens (tertiary/aromatic N) is 1. The van der Waals surface area contributed by atoms with Crippen molar-refractivity contribution in [2.24, 2.45) is 0 Å². The molecule has 0 saturated carbocycles. The number of amides is 1. The molecule has 1 atom stereocenters. The van der Waals surface area contributed by atoms with Crippen molar-refractivity contribution < 1.29 is 17.9 Å². The van der Waals surface area contributed by atoms with Crippen molar-refractivity contribution >= 4 is 15.9 Å². The Kier molecular flexibility index (Phi) is 7.40. The SMILES string of the molecule is CCN(CC)S(=O)(=O)c1ccc(CCC(=O)NC[C@@H]2CCCO2)cc1. The van der Waals surface area contributed by atoms with Gasteiger partial charge in [-0.25, -0.2) is 8.42 Å². The largest absolute Gasteiger partial charge is 0.376 e. The van der Waals surface area contributed by atoms with Crippen LogP contribution in [-0.2, 0) is 26.0 Å². The normalized spacial score (nSPS) is 17.8. The summed E-state index contributed by atoms with van der Waals surface area (Å²) in [6.45, 7) is 5.90. The number of rotatable bonds is 9. The van der Waals surface area contributed by atoms with Crippen LogP contribution in [0.4, 0.5) is 0 Å². The maximum atomic E-state index is 12.4. The lowest BCUT2D eigenvalue weighted by molar-refractivity contribution is -0.121. The van der Waals surface area contributed by atoms with Crippen molar-refractivity contribution in [2.45, 2.75) is 50.5 Å². The number of hydrogen-bond donors (Lipinski definition) is 1. The molecule has 0 radical (unpaired) electrons. The number of carbonyl (C=O) groups excluding carboxylic acids is 1. The van der Waals surface area contributed by atoms with Gasteiger partial charge in [0.1, 0.15) is 0 Å². The van der Waals surface area contributed by atoms with Crippen molar-refractivity contribution in [3.8, 4) is 0 Å². The van der Waals surface area contributed by atoms with E-state index in [1.807, 2.05) is 13.8 Å². The quantitative estimate of drug-likeness (QED) is 0.723. The maximum absolute atomic E-state index is 12.4. The lowest BCUT2D eigenvalue weighted by Gasteiger charge is -2.18. The number of benzene rings is 1. The minimum atomic E-state index is -3.43. The number of sulfonamides is 1. The molecule has 0 aliphatic carbocycles. The van der Waals surface area contributed by atoms with Crippen LogP contribution in [0.15, 0.2) is 29.2 Å². The van der Waals surface area contributed by atoms with Gasteiger partial charge in [0.25, 0.3) is 0 Å². The Morgan fingerprint density at radius 1 is 1.24 bits per heavy atom. The van der Waals surface area contributed by atoms with E-state index in [1.165, 1.54) is 4.31 Å². The summed E-state index contributed by atoms with van der Waals surface area (Å²) in [6, 6.07) is 6.80. The van der Waals surface area contributed by atoms with Crippen molar-refractivity contribution in [1.29, 1.82) is 0 Å². The molecule has 1 aromatic carbocycles. The topological polar surface area (TPSA) is 75.7 Å². The Balaban J connectivity index is 1.84. The van der Waals surface area contributed by atoms with Gasteiger partial charge in [-0.05, 0) is 37.0 Å². The highest BCUT2D eigenvalue weighted by atomic mass is 32.2. The average Bonchev–Trinajstić information content (AvgIpc) is 3.13. The van der Waals surface area contributed by atoms with E-state index in [4.69, 9.17) is 4.74 Å². The van der Waals surface area contributed by atoms with E-state index in [9.17, 15) is 13.2 Å². The Morgan fingerprint density at radius 2 is 1.92 bits per heavy atom. The molecule has 6 nitrogen and oxygen atoms in total. The minimum absolute atomic E-state index is 0.00432. The fourth-order valence-corrected chi connectivity index (χ4v) is 4.38. The molecule has 0 unspecified atom stereocenters. The first-order valence-corrected chi connectivity index (χ1v) is 10.4. The van der Waals surface area contributed by atoms with Gasteiger partial charge in [0.05, 0.1) is 11.0 Å². The molecule has 1 saturated heterocycles. The average molecular weight is 368 g/mol. The van der Waals surface area contributed by atoms with Crippen LogP contribution >= 0.6 is 0 Å². The fraction of sp³-hybridized carbons (Fsp3) is 0.611. The molecule has 0 aromatic heterocycles. The zero-order valence-corrected chi connectivity index (χ0v) is 15.8. The highest BCUT2D eigenvalue weighted by Gasteiger charge is 2.21. The lowest BCUT2D eigenvalue weighted by atomic mass is 10.1. The number of aryl methyl sites for hydroxylation is 1. The van der Waals surface area contributed by atoms with E-state index in [2.05, 4.69) is 5.32 Å². The van der Waals surface area contributed by atoms with Gasteiger partial charge < -0.3 is 10.1 Å². The molecule has 2 rings (SSSR count). The Bertz CT molecular complexity index is 648. The van der Waals surface area contributed by atoms with Crippen LogP contribution < -0.4 is 5.32 Å². The fourth-order valence-electron chi connectivity index (χ4n) is 2.92. The monoisotopic (exact) mass is 368 g/mol. The van der Waals surface area contributed by atoms with Crippen LogP contribution in [0.25, 0.3) is 0 Å². The number of nitrogens with one attached hydrogen (secondary N) is 1. The second-order valence-electron chi connectivity index (χ2n) is 6.17. The molecule has 25 heavy (non-hydrogen) atoms. The summed E-state index contributed by atoms with van der Waals surface area (Å²) in [4.78, 5) is 12.2. The predicted octanol–water partition coefficient (Wildman–Crippen LogP) is 1.94. The summed E-state index contributed by atoms with van der Waals surface area (Å²) in [5, 5.41) is 2.89. The summed E-state index contributed by atoms with van der Waals surface area (Å²) in [5.41, 5.74) is 0.950. The van der Waals surface area contributed by atoms with Crippen LogP contribution in [0.2, 0.25) is 0 Å². The van der Waals surface area contributed by atoms with E-state index < -0.39 is 10.0 Å². The molecule has 1 N–H and O–H groups in total. The van der Waals surface area contributed by atoms with E-state index in [-0.39, 0.29) is 12.0 Å². The predicted molar refractivity (Wildman–Crippen MR) is 96.9 cm³/mol. The summed E-state index contributed by atoms with van der Waals surface area (Å²) in [6.07, 6.45) is 3.18. The van der Waals surface area contributed by atoms with E-state index in [0.29, 0.717) is 37.4 Å².